The van der Waals surface area contributed by atoms with Crippen LogP contribution >= 0.6 is 0 Å². The molecular weight excluding hydrogens is 400 g/mol. The van der Waals surface area contributed by atoms with Gasteiger partial charge in [0.15, 0.2) is 6.23 Å². The molecule has 1 atom stereocenters. The zero-order valence-electron chi connectivity index (χ0n) is 16.5. The summed E-state index contributed by atoms with van der Waals surface area (Å²) in [7, 11) is 1.15. The summed E-state index contributed by atoms with van der Waals surface area (Å²) in [6, 6.07) is 5.85. The average Bonchev–Trinajstić information content (AvgIpc) is 2.72. The first-order valence-electron chi connectivity index (χ1n) is 9.39. The topological polar surface area (TPSA) is 154 Å². The summed E-state index contributed by atoms with van der Waals surface area (Å²) in [5, 5.41) is 21.3. The number of carbonyl (C=O) groups is 3. The van der Waals surface area contributed by atoms with Gasteiger partial charge in [0.25, 0.3) is 5.09 Å². The minimum atomic E-state index is -1.22. The molecule has 1 aliphatic rings. The molecule has 0 radical (unpaired) electrons. The van der Waals surface area contributed by atoms with Gasteiger partial charge in [-0.25, -0.2) is 9.59 Å². The summed E-state index contributed by atoms with van der Waals surface area (Å²) in [4.78, 5) is 50.8. The van der Waals surface area contributed by atoms with Gasteiger partial charge in [-0.1, -0.05) is 31.4 Å². The van der Waals surface area contributed by atoms with Gasteiger partial charge in [-0.2, -0.15) is 0 Å². The maximum Gasteiger partial charge on any atom is 0.409 e. The standard InChI is InChI=1S/C19H24N2O9/c1-28-18(25)20-17(19(11-15(22)23)8-3-2-4-9-19)30-16(24)14-7-5-6-13(10-14)12-29-21(26)27/h5-7,10,17H,2-4,8-9,11-12H2,1H3,(H,20,25)(H,22,23). The number of carboxylic acid groups (broad SMARTS) is 1. The molecule has 1 amide bonds. The lowest BCUT2D eigenvalue weighted by Crippen LogP contribution is -2.52. The highest BCUT2D eigenvalue weighted by Crippen LogP contribution is 2.43. The number of esters is 1. The van der Waals surface area contributed by atoms with Gasteiger partial charge in [-0.15, -0.1) is 10.1 Å². The van der Waals surface area contributed by atoms with Crippen molar-refractivity contribution in [3.8, 4) is 0 Å². The first-order valence-corrected chi connectivity index (χ1v) is 9.39. The van der Waals surface area contributed by atoms with Crippen LogP contribution in [0.1, 0.15) is 54.4 Å². The number of benzene rings is 1. The van der Waals surface area contributed by atoms with Crippen molar-refractivity contribution in [1.82, 2.24) is 5.32 Å². The van der Waals surface area contributed by atoms with E-state index in [1.807, 2.05) is 0 Å². The Labute approximate surface area is 172 Å². The van der Waals surface area contributed by atoms with Crippen molar-refractivity contribution in [2.75, 3.05) is 7.11 Å². The SMILES string of the molecule is COC(=O)NC(OC(=O)c1cccc(CO[N+](=O)[O-])c1)C1(CC(=O)O)CCCCC1. The average molecular weight is 424 g/mol. The summed E-state index contributed by atoms with van der Waals surface area (Å²) in [6.07, 6.45) is 0.944. The van der Waals surface area contributed by atoms with E-state index >= 15 is 0 Å². The molecule has 1 aromatic carbocycles. The second kappa shape index (κ2) is 10.4. The fourth-order valence-electron chi connectivity index (χ4n) is 3.65. The lowest BCUT2D eigenvalue weighted by Gasteiger charge is -2.41. The van der Waals surface area contributed by atoms with Crippen LogP contribution in [0.2, 0.25) is 0 Å². The Morgan fingerprint density at radius 1 is 1.27 bits per heavy atom. The van der Waals surface area contributed by atoms with Crippen LogP contribution in [0, 0.1) is 15.5 Å². The molecule has 0 saturated heterocycles. The molecule has 0 spiro atoms. The molecule has 1 saturated carbocycles. The number of methoxy groups -OCH3 is 1. The highest BCUT2D eigenvalue weighted by molar-refractivity contribution is 5.90. The number of aliphatic carboxylic acids is 1. The van der Waals surface area contributed by atoms with Crippen LogP contribution in [0.4, 0.5) is 4.79 Å². The molecule has 164 valence electrons. The molecule has 2 rings (SSSR count). The molecule has 1 aromatic rings. The Hall–Kier alpha value is -3.37. The van der Waals surface area contributed by atoms with Crippen LogP contribution in [0.25, 0.3) is 0 Å². The van der Waals surface area contributed by atoms with Gasteiger partial charge >= 0.3 is 18.0 Å². The molecular formula is C19H24N2O9. The molecule has 0 bridgehead atoms. The number of carboxylic acids is 1. The van der Waals surface area contributed by atoms with E-state index in [1.165, 1.54) is 24.3 Å². The number of hydrogen-bond acceptors (Lipinski definition) is 8. The van der Waals surface area contributed by atoms with Crippen molar-refractivity contribution in [3.63, 3.8) is 0 Å². The molecule has 0 aromatic heterocycles. The van der Waals surface area contributed by atoms with Crippen molar-refractivity contribution in [1.29, 1.82) is 0 Å². The number of rotatable bonds is 9. The first-order chi connectivity index (χ1) is 14.3. The second-order valence-corrected chi connectivity index (χ2v) is 7.11. The lowest BCUT2D eigenvalue weighted by atomic mass is 9.70. The van der Waals surface area contributed by atoms with E-state index in [-0.39, 0.29) is 18.6 Å². The zero-order valence-corrected chi connectivity index (χ0v) is 16.5. The van der Waals surface area contributed by atoms with Crippen LogP contribution in [0.3, 0.4) is 0 Å². The van der Waals surface area contributed by atoms with Crippen molar-refractivity contribution >= 4 is 18.0 Å². The van der Waals surface area contributed by atoms with Gasteiger partial charge in [-0.05, 0) is 30.5 Å². The highest BCUT2D eigenvalue weighted by atomic mass is 16.9. The molecule has 0 aliphatic heterocycles. The van der Waals surface area contributed by atoms with Gasteiger partial charge in [0.1, 0.15) is 6.61 Å². The zero-order chi connectivity index (χ0) is 22.1. The largest absolute Gasteiger partial charge is 0.481 e. The highest BCUT2D eigenvalue weighted by Gasteiger charge is 2.45. The predicted molar refractivity (Wildman–Crippen MR) is 101 cm³/mol. The van der Waals surface area contributed by atoms with E-state index in [2.05, 4.69) is 14.9 Å². The quantitative estimate of drug-likeness (QED) is 0.263. The second-order valence-electron chi connectivity index (χ2n) is 7.11. The molecule has 11 nitrogen and oxygen atoms in total. The Kier molecular flexibility index (Phi) is 7.96. The van der Waals surface area contributed by atoms with Crippen molar-refractivity contribution < 1.29 is 38.9 Å². The minimum Gasteiger partial charge on any atom is -0.481 e. The van der Waals surface area contributed by atoms with Gasteiger partial charge in [-0.3, -0.25) is 10.1 Å². The van der Waals surface area contributed by atoms with Crippen molar-refractivity contribution in [2.45, 2.75) is 51.4 Å². The number of nitrogens with one attached hydrogen (secondary N) is 1. The number of amides is 1. The van der Waals surface area contributed by atoms with Crippen LogP contribution in [-0.4, -0.2) is 41.6 Å². The Morgan fingerprint density at radius 2 is 1.97 bits per heavy atom. The fraction of sp³-hybridized carbons (Fsp3) is 0.526. The summed E-state index contributed by atoms with van der Waals surface area (Å²) in [6.45, 7) is -0.346. The molecule has 1 aliphatic carbocycles. The molecule has 30 heavy (non-hydrogen) atoms. The molecule has 1 fully saturated rings. The third kappa shape index (κ3) is 6.33. The molecule has 2 N–H and O–H groups in total. The normalized spacial score (nSPS) is 16.0. The third-order valence-corrected chi connectivity index (χ3v) is 5.07. The van der Waals surface area contributed by atoms with Crippen molar-refractivity contribution in [3.05, 3.63) is 45.5 Å². The van der Waals surface area contributed by atoms with Crippen LogP contribution in [0.15, 0.2) is 24.3 Å². The Balaban J connectivity index is 2.25. The lowest BCUT2D eigenvalue weighted by molar-refractivity contribution is -0.763. The van der Waals surface area contributed by atoms with Gasteiger partial charge in [0.2, 0.25) is 0 Å². The van der Waals surface area contributed by atoms with E-state index in [1.54, 1.807) is 0 Å². The minimum absolute atomic E-state index is 0.0809. The van der Waals surface area contributed by atoms with Gasteiger partial charge in [0.05, 0.1) is 19.1 Å². The van der Waals surface area contributed by atoms with Crippen LogP contribution in [0.5, 0.6) is 0 Å². The maximum absolute atomic E-state index is 12.7. The van der Waals surface area contributed by atoms with E-state index in [4.69, 9.17) is 4.74 Å². The predicted octanol–water partition coefficient (Wildman–Crippen LogP) is 2.66. The number of ether oxygens (including phenoxy) is 2. The Bertz CT molecular complexity index is 790. The molecule has 1 unspecified atom stereocenters. The number of alkyl carbamates (subject to hydrolysis) is 1. The summed E-state index contributed by atoms with van der Waals surface area (Å²) in [5.41, 5.74) is -0.519. The van der Waals surface area contributed by atoms with Crippen LogP contribution in [-0.2, 0) is 25.7 Å². The fourth-order valence-corrected chi connectivity index (χ4v) is 3.65. The molecule has 11 heteroatoms. The summed E-state index contributed by atoms with van der Waals surface area (Å²) in [5.74, 6) is -1.88. The summed E-state index contributed by atoms with van der Waals surface area (Å²) >= 11 is 0. The maximum atomic E-state index is 12.7. The number of carbonyl (C=O) groups excluding carboxylic acids is 2. The third-order valence-electron chi connectivity index (χ3n) is 5.07. The van der Waals surface area contributed by atoms with Crippen LogP contribution < -0.4 is 5.32 Å². The van der Waals surface area contributed by atoms with E-state index in [0.717, 1.165) is 26.4 Å². The monoisotopic (exact) mass is 424 g/mol. The van der Waals surface area contributed by atoms with E-state index in [9.17, 15) is 29.6 Å². The molecule has 0 heterocycles. The van der Waals surface area contributed by atoms with E-state index < -0.39 is 34.8 Å². The van der Waals surface area contributed by atoms with E-state index in [0.29, 0.717) is 18.4 Å². The van der Waals surface area contributed by atoms with Gasteiger partial charge < -0.3 is 19.4 Å². The first kappa shape index (κ1) is 22.9. The Morgan fingerprint density at radius 3 is 2.57 bits per heavy atom. The van der Waals surface area contributed by atoms with Crippen molar-refractivity contribution in [2.24, 2.45) is 5.41 Å². The summed E-state index contributed by atoms with van der Waals surface area (Å²) < 4.78 is 10.2. The number of nitrogens with zero attached hydrogens (tertiary/aromatic N) is 1. The van der Waals surface area contributed by atoms with Gasteiger partial charge in [0, 0.05) is 5.41 Å². The smallest absolute Gasteiger partial charge is 0.409 e. The number of hydrogen-bond donors (Lipinski definition) is 2.